The maximum absolute atomic E-state index is 13.6. The Morgan fingerprint density at radius 1 is 1.03 bits per heavy atom. The SMILES string of the molecule is COc1ccc(CCNC2CCCN(c3nc(C)c4cc(F)ccc4n3)CC2)cc1OC. The summed E-state index contributed by atoms with van der Waals surface area (Å²) in [5, 5.41) is 4.49. The highest BCUT2D eigenvalue weighted by Crippen LogP contribution is 2.27. The summed E-state index contributed by atoms with van der Waals surface area (Å²) in [4.78, 5) is 11.6. The minimum atomic E-state index is -0.256. The van der Waals surface area contributed by atoms with E-state index in [-0.39, 0.29) is 5.82 Å². The quantitative estimate of drug-likeness (QED) is 0.594. The average Bonchev–Trinajstić information content (AvgIpc) is 3.05. The van der Waals surface area contributed by atoms with Crippen LogP contribution in [0.15, 0.2) is 36.4 Å². The average molecular weight is 439 g/mol. The van der Waals surface area contributed by atoms with Crippen molar-refractivity contribution in [2.24, 2.45) is 0 Å². The lowest BCUT2D eigenvalue weighted by molar-refractivity contribution is 0.354. The van der Waals surface area contributed by atoms with Gasteiger partial charge in [0, 0.05) is 24.5 Å². The Balaban J connectivity index is 1.33. The molecule has 0 radical (unpaired) electrons. The lowest BCUT2D eigenvalue weighted by Crippen LogP contribution is -2.32. The largest absolute Gasteiger partial charge is 0.493 e. The van der Waals surface area contributed by atoms with Gasteiger partial charge in [0.2, 0.25) is 5.95 Å². The van der Waals surface area contributed by atoms with Crippen LogP contribution in [-0.2, 0) is 6.42 Å². The molecule has 4 rings (SSSR count). The number of halogens is 1. The highest BCUT2D eigenvalue weighted by Gasteiger charge is 2.19. The Bertz CT molecular complexity index is 1080. The summed E-state index contributed by atoms with van der Waals surface area (Å²) in [6.07, 6.45) is 4.18. The number of nitrogens with zero attached hydrogens (tertiary/aromatic N) is 3. The third-order valence-electron chi connectivity index (χ3n) is 6.14. The lowest BCUT2D eigenvalue weighted by atomic mass is 10.1. The van der Waals surface area contributed by atoms with Gasteiger partial charge in [0.25, 0.3) is 0 Å². The van der Waals surface area contributed by atoms with Gasteiger partial charge in [-0.15, -0.1) is 0 Å². The number of methoxy groups -OCH3 is 2. The Labute approximate surface area is 188 Å². The number of rotatable bonds is 7. The molecule has 1 unspecified atom stereocenters. The molecule has 0 saturated carbocycles. The molecule has 0 bridgehead atoms. The van der Waals surface area contributed by atoms with E-state index in [0.717, 1.165) is 79.4 Å². The van der Waals surface area contributed by atoms with E-state index in [2.05, 4.69) is 21.3 Å². The molecule has 1 N–H and O–H groups in total. The topological polar surface area (TPSA) is 59.5 Å². The maximum Gasteiger partial charge on any atom is 0.226 e. The van der Waals surface area contributed by atoms with E-state index in [1.807, 2.05) is 19.1 Å². The van der Waals surface area contributed by atoms with Crippen LogP contribution in [0.25, 0.3) is 10.9 Å². The molecule has 7 heteroatoms. The Kier molecular flexibility index (Phi) is 7.05. The van der Waals surface area contributed by atoms with Crippen molar-refractivity contribution in [2.45, 2.75) is 38.6 Å². The van der Waals surface area contributed by atoms with Crippen LogP contribution < -0.4 is 19.7 Å². The van der Waals surface area contributed by atoms with E-state index in [4.69, 9.17) is 14.5 Å². The lowest BCUT2D eigenvalue weighted by Gasteiger charge is -2.21. The third kappa shape index (κ3) is 5.10. The van der Waals surface area contributed by atoms with Crippen molar-refractivity contribution in [3.63, 3.8) is 0 Å². The van der Waals surface area contributed by atoms with Gasteiger partial charge < -0.3 is 19.7 Å². The normalized spacial score (nSPS) is 16.8. The summed E-state index contributed by atoms with van der Waals surface area (Å²) in [5.41, 5.74) is 2.84. The number of nitrogens with one attached hydrogen (secondary N) is 1. The smallest absolute Gasteiger partial charge is 0.226 e. The van der Waals surface area contributed by atoms with Gasteiger partial charge in [0.15, 0.2) is 11.5 Å². The fourth-order valence-electron chi connectivity index (χ4n) is 4.34. The Hall–Kier alpha value is -2.93. The standard InChI is InChI=1S/C25H31FN4O2/c1-17-21-16-19(26)7-8-22(21)29-25(28-17)30-13-4-5-20(11-14-30)27-12-10-18-6-9-23(31-2)24(15-18)32-3/h6-9,15-16,20,27H,4-5,10-14H2,1-3H3. The van der Waals surface area contributed by atoms with E-state index in [1.54, 1.807) is 20.3 Å². The third-order valence-corrected chi connectivity index (χ3v) is 6.14. The van der Waals surface area contributed by atoms with Crippen molar-refractivity contribution in [3.8, 4) is 11.5 Å². The molecule has 1 aromatic heterocycles. The van der Waals surface area contributed by atoms with E-state index < -0.39 is 0 Å². The summed E-state index contributed by atoms with van der Waals surface area (Å²) in [6.45, 7) is 4.67. The molecule has 1 saturated heterocycles. The van der Waals surface area contributed by atoms with Crippen molar-refractivity contribution in [3.05, 3.63) is 53.5 Å². The zero-order valence-corrected chi connectivity index (χ0v) is 19.0. The van der Waals surface area contributed by atoms with E-state index in [0.29, 0.717) is 6.04 Å². The van der Waals surface area contributed by atoms with Crippen LogP contribution in [-0.4, -0.2) is 49.9 Å². The number of anilines is 1. The fourth-order valence-corrected chi connectivity index (χ4v) is 4.34. The second-order valence-electron chi connectivity index (χ2n) is 8.28. The summed E-state index contributed by atoms with van der Waals surface area (Å²) in [6, 6.07) is 11.3. The second kappa shape index (κ2) is 10.1. The number of aromatic nitrogens is 2. The molecule has 1 aliphatic heterocycles. The maximum atomic E-state index is 13.6. The zero-order valence-electron chi connectivity index (χ0n) is 19.0. The highest BCUT2D eigenvalue weighted by molar-refractivity contribution is 5.81. The minimum absolute atomic E-state index is 0.256. The van der Waals surface area contributed by atoms with Gasteiger partial charge in [-0.3, -0.25) is 0 Å². The monoisotopic (exact) mass is 438 g/mol. The first-order valence-corrected chi connectivity index (χ1v) is 11.2. The van der Waals surface area contributed by atoms with Gasteiger partial charge in [0.05, 0.1) is 25.4 Å². The van der Waals surface area contributed by atoms with Crippen molar-refractivity contribution in [2.75, 3.05) is 38.8 Å². The molecule has 0 amide bonds. The molecule has 0 spiro atoms. The first-order valence-electron chi connectivity index (χ1n) is 11.2. The van der Waals surface area contributed by atoms with Gasteiger partial charge in [-0.2, -0.15) is 0 Å². The van der Waals surface area contributed by atoms with Gasteiger partial charge in [-0.25, -0.2) is 14.4 Å². The molecular weight excluding hydrogens is 407 g/mol. The van der Waals surface area contributed by atoms with Crippen molar-refractivity contribution in [1.29, 1.82) is 0 Å². The number of fused-ring (bicyclic) bond motifs is 1. The minimum Gasteiger partial charge on any atom is -0.493 e. The molecule has 1 fully saturated rings. The first kappa shape index (κ1) is 22.3. The number of hydrogen-bond donors (Lipinski definition) is 1. The van der Waals surface area contributed by atoms with Gasteiger partial charge in [-0.05, 0) is 75.0 Å². The second-order valence-corrected chi connectivity index (χ2v) is 8.28. The highest BCUT2D eigenvalue weighted by atomic mass is 19.1. The van der Waals surface area contributed by atoms with Crippen LogP contribution in [0.1, 0.15) is 30.5 Å². The van der Waals surface area contributed by atoms with Crippen LogP contribution in [0, 0.1) is 12.7 Å². The number of benzene rings is 2. The molecule has 2 heterocycles. The fraction of sp³-hybridized carbons (Fsp3) is 0.440. The molecule has 3 aromatic rings. The Morgan fingerprint density at radius 3 is 2.69 bits per heavy atom. The van der Waals surface area contributed by atoms with Crippen molar-refractivity contribution >= 4 is 16.9 Å². The molecule has 170 valence electrons. The molecule has 6 nitrogen and oxygen atoms in total. The van der Waals surface area contributed by atoms with E-state index in [9.17, 15) is 4.39 Å². The van der Waals surface area contributed by atoms with Crippen LogP contribution in [0.5, 0.6) is 11.5 Å². The molecule has 32 heavy (non-hydrogen) atoms. The number of hydrogen-bond acceptors (Lipinski definition) is 6. The zero-order chi connectivity index (χ0) is 22.5. The Morgan fingerprint density at radius 2 is 1.88 bits per heavy atom. The van der Waals surface area contributed by atoms with Crippen LogP contribution in [0.4, 0.5) is 10.3 Å². The molecule has 1 atom stereocenters. The molecule has 2 aromatic carbocycles. The summed E-state index contributed by atoms with van der Waals surface area (Å²) in [7, 11) is 3.31. The van der Waals surface area contributed by atoms with Crippen LogP contribution >= 0.6 is 0 Å². The van der Waals surface area contributed by atoms with Crippen molar-refractivity contribution < 1.29 is 13.9 Å². The van der Waals surface area contributed by atoms with E-state index in [1.165, 1.54) is 17.7 Å². The van der Waals surface area contributed by atoms with Crippen molar-refractivity contribution in [1.82, 2.24) is 15.3 Å². The van der Waals surface area contributed by atoms with Gasteiger partial charge >= 0.3 is 0 Å². The van der Waals surface area contributed by atoms with E-state index >= 15 is 0 Å². The summed E-state index contributed by atoms with van der Waals surface area (Å²) < 4.78 is 24.3. The van der Waals surface area contributed by atoms with Gasteiger partial charge in [0.1, 0.15) is 5.82 Å². The van der Waals surface area contributed by atoms with Crippen LogP contribution in [0.2, 0.25) is 0 Å². The summed E-state index contributed by atoms with van der Waals surface area (Å²) in [5.74, 6) is 2.01. The number of aryl methyl sites for hydroxylation is 1. The predicted octanol–water partition coefficient (Wildman–Crippen LogP) is 4.29. The molecule has 0 aliphatic carbocycles. The van der Waals surface area contributed by atoms with Gasteiger partial charge in [-0.1, -0.05) is 6.07 Å². The molecular formula is C25H31FN4O2. The number of ether oxygens (including phenoxy) is 2. The summed E-state index contributed by atoms with van der Waals surface area (Å²) >= 11 is 0. The molecule has 1 aliphatic rings. The first-order chi connectivity index (χ1) is 15.6. The van der Waals surface area contributed by atoms with Crippen LogP contribution in [0.3, 0.4) is 0 Å². The predicted molar refractivity (Wildman–Crippen MR) is 125 cm³/mol.